The van der Waals surface area contributed by atoms with Crippen LogP contribution >= 0.6 is 0 Å². The van der Waals surface area contributed by atoms with E-state index in [1.807, 2.05) is 0 Å². The number of unbranched alkanes of at least 4 members (excludes halogenated alkanes) is 1. The molecule has 0 aliphatic rings. The molecule has 0 unspecified atom stereocenters. The van der Waals surface area contributed by atoms with Gasteiger partial charge in [-0.15, -0.1) is 0 Å². The average Bonchev–Trinajstić information content (AvgIpc) is 2.64. The maximum atomic E-state index is 10.7. The van der Waals surface area contributed by atoms with Crippen LogP contribution in [0.4, 0.5) is 13.2 Å². The number of hydrogen-bond donors (Lipinski definition) is 1. The van der Waals surface area contributed by atoms with Gasteiger partial charge in [0.05, 0.1) is 0 Å². The minimum atomic E-state index is -5.84. The first-order valence-corrected chi connectivity index (χ1v) is 6.27. The van der Waals surface area contributed by atoms with Gasteiger partial charge in [-0.3, -0.25) is 4.55 Å². The van der Waals surface area contributed by atoms with Crippen molar-refractivity contribution in [3.05, 3.63) is 24.5 Å². The Kier molecular flexibility index (Phi) is 6.25. The Morgan fingerprint density at radius 2 is 1.65 bits per heavy atom. The molecule has 0 atom stereocenters. The van der Waals surface area contributed by atoms with E-state index in [9.17, 15) is 13.2 Å². The largest absolute Gasteiger partial charge is 0.522 e. The van der Waals surface area contributed by atoms with Crippen LogP contribution in [0, 0.1) is 0 Å². The molecule has 0 saturated carbocycles. The zero-order valence-electron chi connectivity index (χ0n) is 9.18. The standard InChI is InChI=1S/C8H13N.CHF3O3S/c1-2-3-6-9-7-4-5-8-9;2-1(3,4)8(5,6)7/h4-5,7-8H,2-3,6H2,1H3;(H,5,6,7). The van der Waals surface area contributed by atoms with Crippen LogP contribution in [0.15, 0.2) is 24.5 Å². The van der Waals surface area contributed by atoms with Crippen LogP contribution in [0.5, 0.6) is 0 Å². The Hall–Kier alpha value is -1.02. The summed E-state index contributed by atoms with van der Waals surface area (Å²) in [5.41, 5.74) is -5.53. The number of halogens is 3. The SMILES string of the molecule is CCCCn1cccc1.O=S(=O)(O)C(F)(F)F. The summed E-state index contributed by atoms with van der Waals surface area (Å²) in [7, 11) is -5.84. The van der Waals surface area contributed by atoms with Gasteiger partial charge in [0.15, 0.2) is 0 Å². The fraction of sp³-hybridized carbons (Fsp3) is 0.556. The number of aryl methyl sites for hydroxylation is 1. The van der Waals surface area contributed by atoms with Crippen molar-refractivity contribution in [1.82, 2.24) is 4.57 Å². The lowest BCUT2D eigenvalue weighted by molar-refractivity contribution is -0.0510. The summed E-state index contributed by atoms with van der Waals surface area (Å²) in [5, 5.41) is 0. The molecule has 17 heavy (non-hydrogen) atoms. The summed E-state index contributed by atoms with van der Waals surface area (Å²) >= 11 is 0. The summed E-state index contributed by atoms with van der Waals surface area (Å²) in [6.45, 7) is 3.38. The Bertz CT molecular complexity index is 398. The summed E-state index contributed by atoms with van der Waals surface area (Å²) < 4.78 is 59.8. The van der Waals surface area contributed by atoms with Gasteiger partial charge in [-0.05, 0) is 18.6 Å². The highest BCUT2D eigenvalue weighted by atomic mass is 32.2. The molecule has 0 fully saturated rings. The van der Waals surface area contributed by atoms with Crippen LogP contribution in [-0.4, -0.2) is 23.0 Å². The molecule has 0 amide bonds. The van der Waals surface area contributed by atoms with E-state index in [2.05, 4.69) is 36.0 Å². The molecule has 1 N–H and O–H groups in total. The second-order valence-corrected chi connectivity index (χ2v) is 4.61. The molecular weight excluding hydrogens is 259 g/mol. The topological polar surface area (TPSA) is 59.3 Å². The highest BCUT2D eigenvalue weighted by Crippen LogP contribution is 2.20. The first kappa shape index (κ1) is 16.0. The first-order chi connectivity index (χ1) is 7.68. The second kappa shape index (κ2) is 6.65. The molecule has 0 saturated heterocycles. The van der Waals surface area contributed by atoms with Crippen molar-refractivity contribution in [2.75, 3.05) is 0 Å². The average molecular weight is 273 g/mol. The summed E-state index contributed by atoms with van der Waals surface area (Å²) in [6, 6.07) is 4.13. The third-order valence-electron chi connectivity index (χ3n) is 1.73. The summed E-state index contributed by atoms with van der Waals surface area (Å²) in [5.74, 6) is 0. The molecule has 1 rings (SSSR count). The van der Waals surface area contributed by atoms with E-state index in [0.717, 1.165) is 0 Å². The zero-order chi connectivity index (χ0) is 13.5. The van der Waals surface area contributed by atoms with E-state index < -0.39 is 15.6 Å². The first-order valence-electron chi connectivity index (χ1n) is 4.83. The second-order valence-electron chi connectivity index (χ2n) is 3.20. The van der Waals surface area contributed by atoms with E-state index in [4.69, 9.17) is 13.0 Å². The fourth-order valence-corrected chi connectivity index (χ4v) is 0.860. The van der Waals surface area contributed by atoms with Gasteiger partial charge in [0.2, 0.25) is 0 Å². The molecule has 0 aliphatic carbocycles. The van der Waals surface area contributed by atoms with Crippen molar-refractivity contribution in [2.24, 2.45) is 0 Å². The van der Waals surface area contributed by atoms with Crippen LogP contribution in [0.25, 0.3) is 0 Å². The summed E-state index contributed by atoms with van der Waals surface area (Å²) in [6.07, 6.45) is 6.78. The number of alkyl halides is 3. The molecule has 0 radical (unpaired) electrons. The van der Waals surface area contributed by atoms with Crippen LogP contribution in [-0.2, 0) is 16.7 Å². The Balaban J connectivity index is 0.000000304. The highest BCUT2D eigenvalue weighted by molar-refractivity contribution is 7.86. The lowest BCUT2D eigenvalue weighted by Gasteiger charge is -1.97. The monoisotopic (exact) mass is 273 g/mol. The zero-order valence-corrected chi connectivity index (χ0v) is 10.0. The fourth-order valence-electron chi connectivity index (χ4n) is 0.860. The molecule has 0 aliphatic heterocycles. The van der Waals surface area contributed by atoms with E-state index >= 15 is 0 Å². The third kappa shape index (κ3) is 7.01. The van der Waals surface area contributed by atoms with Crippen molar-refractivity contribution in [2.45, 2.75) is 31.8 Å². The predicted octanol–water partition coefficient (Wildman–Crippen LogP) is 2.68. The predicted molar refractivity (Wildman–Crippen MR) is 56.9 cm³/mol. The molecule has 0 spiro atoms. The quantitative estimate of drug-likeness (QED) is 0.680. The van der Waals surface area contributed by atoms with Crippen molar-refractivity contribution >= 4 is 10.1 Å². The van der Waals surface area contributed by atoms with Crippen molar-refractivity contribution in [3.63, 3.8) is 0 Å². The van der Waals surface area contributed by atoms with Gasteiger partial charge >= 0.3 is 15.6 Å². The molecule has 1 aromatic heterocycles. The summed E-state index contributed by atoms with van der Waals surface area (Å²) in [4.78, 5) is 0. The Morgan fingerprint density at radius 3 is 1.94 bits per heavy atom. The molecule has 1 heterocycles. The maximum Gasteiger partial charge on any atom is 0.522 e. The van der Waals surface area contributed by atoms with Crippen molar-refractivity contribution < 1.29 is 26.1 Å². The third-order valence-corrected chi connectivity index (χ3v) is 2.31. The maximum absolute atomic E-state index is 10.7. The number of aromatic nitrogens is 1. The lowest BCUT2D eigenvalue weighted by Crippen LogP contribution is -2.21. The van der Waals surface area contributed by atoms with Crippen molar-refractivity contribution in [1.29, 1.82) is 0 Å². The van der Waals surface area contributed by atoms with E-state index in [-0.39, 0.29) is 0 Å². The molecule has 100 valence electrons. The Labute approximate surface area is 97.8 Å². The minimum Gasteiger partial charge on any atom is -0.354 e. The number of rotatable bonds is 3. The van der Waals surface area contributed by atoms with Gasteiger partial charge in [-0.1, -0.05) is 13.3 Å². The van der Waals surface area contributed by atoms with Gasteiger partial charge in [0, 0.05) is 18.9 Å². The van der Waals surface area contributed by atoms with Crippen molar-refractivity contribution in [3.8, 4) is 0 Å². The minimum absolute atomic E-state index is 1.17. The van der Waals surface area contributed by atoms with Gasteiger partial charge in [-0.2, -0.15) is 21.6 Å². The smallest absolute Gasteiger partial charge is 0.354 e. The Morgan fingerprint density at radius 1 is 1.24 bits per heavy atom. The van der Waals surface area contributed by atoms with Gasteiger partial charge in [0.1, 0.15) is 0 Å². The van der Waals surface area contributed by atoms with E-state index in [1.54, 1.807) is 0 Å². The molecule has 0 bridgehead atoms. The van der Waals surface area contributed by atoms with E-state index in [1.165, 1.54) is 19.4 Å². The van der Waals surface area contributed by atoms with Crippen LogP contribution in [0.3, 0.4) is 0 Å². The number of hydrogen-bond acceptors (Lipinski definition) is 2. The number of nitrogens with zero attached hydrogens (tertiary/aromatic N) is 1. The van der Waals surface area contributed by atoms with E-state index in [0.29, 0.717) is 0 Å². The van der Waals surface area contributed by atoms with Crippen LogP contribution in [0.2, 0.25) is 0 Å². The molecule has 0 aromatic carbocycles. The van der Waals surface area contributed by atoms with Crippen LogP contribution in [0.1, 0.15) is 19.8 Å². The molecular formula is C9H14F3NO3S. The van der Waals surface area contributed by atoms with Gasteiger partial charge in [-0.25, -0.2) is 0 Å². The highest BCUT2D eigenvalue weighted by Gasteiger charge is 2.44. The molecule has 4 nitrogen and oxygen atoms in total. The van der Waals surface area contributed by atoms with Gasteiger partial charge < -0.3 is 4.57 Å². The van der Waals surface area contributed by atoms with Crippen LogP contribution < -0.4 is 0 Å². The molecule has 8 heteroatoms. The lowest BCUT2D eigenvalue weighted by atomic mass is 10.3. The molecule has 1 aromatic rings. The normalized spacial score (nSPS) is 11.8. The van der Waals surface area contributed by atoms with Gasteiger partial charge in [0.25, 0.3) is 0 Å².